The first-order chi connectivity index (χ1) is 7.77. The zero-order chi connectivity index (χ0) is 11.5. The number of hydrogen-bond acceptors (Lipinski definition) is 2. The molecule has 2 aliphatic heterocycles. The molecule has 3 nitrogen and oxygen atoms in total. The molecular formula is C12H20ClNO2. The lowest BCUT2D eigenvalue weighted by molar-refractivity contribution is -0.137. The molecule has 3 unspecified atom stereocenters. The highest BCUT2D eigenvalue weighted by molar-refractivity contribution is 6.18. The molecule has 16 heavy (non-hydrogen) atoms. The maximum atomic E-state index is 12.4. The molecule has 92 valence electrons. The molecule has 2 aliphatic rings. The van der Waals surface area contributed by atoms with E-state index in [1.165, 1.54) is 0 Å². The molecule has 0 aromatic heterocycles. The Morgan fingerprint density at radius 3 is 3.00 bits per heavy atom. The molecule has 2 saturated heterocycles. The Labute approximate surface area is 102 Å². The maximum absolute atomic E-state index is 12.4. The second-order valence-electron chi connectivity index (χ2n) is 4.69. The Bertz CT molecular complexity index is 235. The van der Waals surface area contributed by atoms with Crippen LogP contribution in [0.2, 0.25) is 0 Å². The van der Waals surface area contributed by atoms with E-state index in [0.717, 1.165) is 38.8 Å². The number of rotatable bonds is 3. The van der Waals surface area contributed by atoms with Gasteiger partial charge in [0.15, 0.2) is 0 Å². The minimum atomic E-state index is 0.0776. The van der Waals surface area contributed by atoms with Gasteiger partial charge in [0.2, 0.25) is 5.91 Å². The van der Waals surface area contributed by atoms with Gasteiger partial charge in [0.1, 0.15) is 0 Å². The fourth-order valence-electron chi connectivity index (χ4n) is 2.83. The standard InChI is InChI=1S/C12H20ClNO2/c1-2-11-10(5-7-16-11)12(15)14-6-3-4-9(14)8-13/h9-11H,2-8H2,1H3. The number of amides is 1. The van der Waals surface area contributed by atoms with E-state index in [2.05, 4.69) is 6.92 Å². The van der Waals surface area contributed by atoms with Crippen LogP contribution >= 0.6 is 11.6 Å². The summed E-state index contributed by atoms with van der Waals surface area (Å²) in [4.78, 5) is 14.4. The van der Waals surface area contributed by atoms with Crippen LogP contribution in [0, 0.1) is 5.92 Å². The second kappa shape index (κ2) is 5.37. The quantitative estimate of drug-likeness (QED) is 0.712. The molecule has 4 heteroatoms. The molecule has 0 spiro atoms. The lowest BCUT2D eigenvalue weighted by Crippen LogP contribution is -2.42. The highest BCUT2D eigenvalue weighted by Crippen LogP contribution is 2.29. The Balaban J connectivity index is 2.00. The SMILES string of the molecule is CCC1OCCC1C(=O)N1CCCC1CCl. The van der Waals surface area contributed by atoms with Crippen LogP contribution in [0.25, 0.3) is 0 Å². The maximum Gasteiger partial charge on any atom is 0.228 e. The zero-order valence-electron chi connectivity index (χ0n) is 9.82. The van der Waals surface area contributed by atoms with Crippen molar-refractivity contribution in [3.05, 3.63) is 0 Å². The van der Waals surface area contributed by atoms with Gasteiger partial charge < -0.3 is 9.64 Å². The largest absolute Gasteiger partial charge is 0.377 e. The van der Waals surface area contributed by atoms with Crippen LogP contribution in [0.15, 0.2) is 0 Å². The molecule has 0 radical (unpaired) electrons. The molecule has 0 aromatic carbocycles. The van der Waals surface area contributed by atoms with Crippen molar-refractivity contribution in [3.63, 3.8) is 0 Å². The topological polar surface area (TPSA) is 29.5 Å². The van der Waals surface area contributed by atoms with Crippen molar-refractivity contribution in [1.29, 1.82) is 0 Å². The summed E-state index contributed by atoms with van der Waals surface area (Å²) in [7, 11) is 0. The highest BCUT2D eigenvalue weighted by atomic mass is 35.5. The van der Waals surface area contributed by atoms with Crippen LogP contribution in [0.1, 0.15) is 32.6 Å². The third-order valence-electron chi connectivity index (χ3n) is 3.77. The van der Waals surface area contributed by atoms with E-state index in [4.69, 9.17) is 16.3 Å². The third-order valence-corrected chi connectivity index (χ3v) is 4.12. The monoisotopic (exact) mass is 245 g/mol. The van der Waals surface area contributed by atoms with Gasteiger partial charge in [-0.25, -0.2) is 0 Å². The van der Waals surface area contributed by atoms with Crippen LogP contribution in [0.4, 0.5) is 0 Å². The molecule has 0 bridgehead atoms. The Morgan fingerprint density at radius 2 is 2.31 bits per heavy atom. The van der Waals surface area contributed by atoms with Crippen molar-refractivity contribution in [2.24, 2.45) is 5.92 Å². The van der Waals surface area contributed by atoms with Crippen molar-refractivity contribution < 1.29 is 9.53 Å². The van der Waals surface area contributed by atoms with Gasteiger partial charge in [-0.2, -0.15) is 0 Å². The lowest BCUT2D eigenvalue weighted by Gasteiger charge is -2.27. The summed E-state index contributed by atoms with van der Waals surface area (Å²) in [5.41, 5.74) is 0. The van der Waals surface area contributed by atoms with Crippen molar-refractivity contribution in [2.75, 3.05) is 19.0 Å². The van der Waals surface area contributed by atoms with Gasteiger partial charge in [-0.05, 0) is 25.7 Å². The molecule has 2 fully saturated rings. The van der Waals surface area contributed by atoms with Crippen molar-refractivity contribution in [2.45, 2.75) is 44.8 Å². The molecule has 0 aliphatic carbocycles. The Hall–Kier alpha value is -0.280. The average Bonchev–Trinajstić information content (AvgIpc) is 2.96. The van der Waals surface area contributed by atoms with Gasteiger partial charge in [-0.3, -0.25) is 4.79 Å². The predicted molar refractivity (Wildman–Crippen MR) is 63.6 cm³/mol. The zero-order valence-corrected chi connectivity index (χ0v) is 10.6. The number of likely N-dealkylation sites (tertiary alicyclic amines) is 1. The first-order valence-electron chi connectivity index (χ1n) is 6.26. The fourth-order valence-corrected chi connectivity index (χ4v) is 3.15. The normalized spacial score (nSPS) is 34.6. The number of hydrogen-bond donors (Lipinski definition) is 0. The smallest absolute Gasteiger partial charge is 0.228 e. The number of nitrogens with zero attached hydrogens (tertiary/aromatic N) is 1. The molecule has 3 atom stereocenters. The molecule has 2 rings (SSSR count). The molecule has 1 amide bonds. The first kappa shape index (κ1) is 12.2. The molecule has 0 aromatic rings. The summed E-state index contributed by atoms with van der Waals surface area (Å²) < 4.78 is 5.58. The first-order valence-corrected chi connectivity index (χ1v) is 6.79. The van der Waals surface area contributed by atoms with E-state index >= 15 is 0 Å². The fraction of sp³-hybridized carbons (Fsp3) is 0.917. The van der Waals surface area contributed by atoms with E-state index < -0.39 is 0 Å². The summed E-state index contributed by atoms with van der Waals surface area (Å²) >= 11 is 5.90. The van der Waals surface area contributed by atoms with Crippen molar-refractivity contribution in [1.82, 2.24) is 4.90 Å². The van der Waals surface area contributed by atoms with E-state index in [1.54, 1.807) is 0 Å². The van der Waals surface area contributed by atoms with Crippen molar-refractivity contribution in [3.8, 4) is 0 Å². The minimum Gasteiger partial charge on any atom is -0.377 e. The van der Waals surface area contributed by atoms with Crippen LogP contribution in [0.5, 0.6) is 0 Å². The van der Waals surface area contributed by atoms with E-state index in [1.807, 2.05) is 4.90 Å². The highest BCUT2D eigenvalue weighted by Gasteiger charge is 2.38. The van der Waals surface area contributed by atoms with E-state index in [0.29, 0.717) is 5.88 Å². The number of ether oxygens (including phenoxy) is 1. The van der Waals surface area contributed by atoms with Gasteiger partial charge in [0, 0.05) is 25.1 Å². The van der Waals surface area contributed by atoms with Gasteiger partial charge in [0.05, 0.1) is 12.0 Å². The van der Waals surface area contributed by atoms with Gasteiger partial charge >= 0.3 is 0 Å². The average molecular weight is 246 g/mol. The molecule has 0 saturated carbocycles. The number of carbonyl (C=O) groups is 1. The second-order valence-corrected chi connectivity index (χ2v) is 5.00. The Morgan fingerprint density at radius 1 is 1.50 bits per heavy atom. The van der Waals surface area contributed by atoms with Crippen LogP contribution in [-0.2, 0) is 9.53 Å². The van der Waals surface area contributed by atoms with E-state index in [9.17, 15) is 4.79 Å². The molecule has 0 N–H and O–H groups in total. The van der Waals surface area contributed by atoms with Crippen LogP contribution in [0.3, 0.4) is 0 Å². The number of halogens is 1. The molecule has 2 heterocycles. The Kier molecular flexibility index (Phi) is 4.09. The van der Waals surface area contributed by atoms with Crippen molar-refractivity contribution >= 4 is 17.5 Å². The lowest BCUT2D eigenvalue weighted by atomic mass is 9.97. The summed E-state index contributed by atoms with van der Waals surface area (Å²) in [6.07, 6.45) is 4.08. The van der Waals surface area contributed by atoms with Gasteiger partial charge in [-0.1, -0.05) is 6.92 Å². The molecular weight excluding hydrogens is 226 g/mol. The van der Waals surface area contributed by atoms with Gasteiger partial charge in [0.25, 0.3) is 0 Å². The summed E-state index contributed by atoms with van der Waals surface area (Å²) in [6, 6.07) is 0.257. The predicted octanol–water partition coefficient (Wildman–Crippen LogP) is 2.03. The van der Waals surface area contributed by atoms with Gasteiger partial charge in [-0.15, -0.1) is 11.6 Å². The summed E-state index contributed by atoms with van der Waals surface area (Å²) in [5, 5.41) is 0. The number of alkyl halides is 1. The summed E-state index contributed by atoms with van der Waals surface area (Å²) in [5.74, 6) is 0.914. The van der Waals surface area contributed by atoms with Crippen LogP contribution < -0.4 is 0 Å². The summed E-state index contributed by atoms with van der Waals surface area (Å²) in [6.45, 7) is 3.69. The van der Waals surface area contributed by atoms with E-state index in [-0.39, 0.29) is 24.0 Å². The number of carbonyl (C=O) groups excluding carboxylic acids is 1. The van der Waals surface area contributed by atoms with Crippen LogP contribution in [-0.4, -0.2) is 42.0 Å². The third kappa shape index (κ3) is 2.21. The minimum absolute atomic E-state index is 0.0776.